The molecular formula is C24H27N5O2. The average Bonchev–Trinajstić information content (AvgIpc) is 3.41. The number of aromatic nitrogens is 4. The number of fused-ring (bicyclic) bond motifs is 4. The van der Waals surface area contributed by atoms with Crippen LogP contribution in [0.15, 0.2) is 36.8 Å². The number of rotatable bonds is 5. The Labute approximate surface area is 180 Å². The van der Waals surface area contributed by atoms with Gasteiger partial charge in [-0.25, -0.2) is 9.97 Å². The van der Waals surface area contributed by atoms with Gasteiger partial charge < -0.3 is 15.0 Å². The number of carbonyl (C=O) groups is 1. The van der Waals surface area contributed by atoms with Crippen LogP contribution in [-0.2, 0) is 23.2 Å². The van der Waals surface area contributed by atoms with E-state index in [1.165, 1.54) is 28.4 Å². The van der Waals surface area contributed by atoms with Crippen LogP contribution in [-0.4, -0.2) is 39.1 Å². The summed E-state index contributed by atoms with van der Waals surface area (Å²) in [5.41, 5.74) is 4.72. The number of para-hydroxylation sites is 1. The normalized spacial score (nSPS) is 18.4. The minimum absolute atomic E-state index is 0.0418. The Bertz CT molecular complexity index is 1290. The molecule has 160 valence electrons. The second kappa shape index (κ2) is 7.50. The fourth-order valence-corrected chi connectivity index (χ4v) is 4.92. The topological polar surface area (TPSA) is 84.8 Å². The van der Waals surface area contributed by atoms with Crippen LogP contribution >= 0.6 is 0 Å². The predicted octanol–water partition coefficient (Wildman–Crippen LogP) is 4.43. The van der Waals surface area contributed by atoms with E-state index in [1.54, 1.807) is 10.8 Å². The summed E-state index contributed by atoms with van der Waals surface area (Å²) in [6.45, 7) is 4.86. The van der Waals surface area contributed by atoms with E-state index in [9.17, 15) is 4.79 Å². The molecule has 1 aliphatic rings. The zero-order valence-electron chi connectivity index (χ0n) is 18.2. The highest BCUT2D eigenvalue weighted by atomic mass is 16.5. The summed E-state index contributed by atoms with van der Waals surface area (Å²) in [5, 5.41) is 5.13. The number of carbonyl (C=O) groups excluding carboxylic acids is 1. The lowest BCUT2D eigenvalue weighted by atomic mass is 9.86. The molecular weight excluding hydrogens is 390 g/mol. The number of nitrogens with one attached hydrogen (secondary N) is 2. The summed E-state index contributed by atoms with van der Waals surface area (Å²) >= 11 is 0. The second-order valence-electron chi connectivity index (χ2n) is 8.08. The van der Waals surface area contributed by atoms with Gasteiger partial charge in [-0.2, -0.15) is 0 Å². The van der Waals surface area contributed by atoms with Crippen molar-refractivity contribution in [3.05, 3.63) is 53.6 Å². The number of ether oxygens (including phenoxy) is 1. The molecule has 1 aliphatic heterocycles. The van der Waals surface area contributed by atoms with Crippen molar-refractivity contribution in [2.45, 2.75) is 45.1 Å². The molecule has 7 heteroatoms. The molecule has 0 amide bonds. The molecule has 0 spiro atoms. The minimum Gasteiger partial charge on any atom is -0.372 e. The fourth-order valence-electron chi connectivity index (χ4n) is 4.92. The van der Waals surface area contributed by atoms with Crippen LogP contribution < -0.4 is 5.32 Å². The van der Waals surface area contributed by atoms with Gasteiger partial charge in [0.2, 0.25) is 5.91 Å². The smallest absolute Gasteiger partial charge is 0.235 e. The molecule has 0 saturated heterocycles. The van der Waals surface area contributed by atoms with Crippen LogP contribution in [0, 0.1) is 0 Å². The van der Waals surface area contributed by atoms with Crippen molar-refractivity contribution in [3.63, 3.8) is 0 Å². The Morgan fingerprint density at radius 2 is 2.13 bits per heavy atom. The molecule has 1 aromatic carbocycles. The van der Waals surface area contributed by atoms with E-state index < -0.39 is 5.60 Å². The Kier molecular flexibility index (Phi) is 4.78. The van der Waals surface area contributed by atoms with Gasteiger partial charge in [0, 0.05) is 24.1 Å². The summed E-state index contributed by atoms with van der Waals surface area (Å²) in [6, 6.07) is 8.33. The molecule has 0 radical (unpaired) electrons. The Hall–Kier alpha value is -3.19. The molecule has 5 rings (SSSR count). The number of hydrogen-bond donors (Lipinski definition) is 2. The number of nitrogens with zero attached hydrogens (tertiary/aromatic N) is 3. The van der Waals surface area contributed by atoms with E-state index in [1.807, 2.05) is 13.1 Å². The number of aromatic amines is 1. The molecule has 1 unspecified atom stereocenters. The van der Waals surface area contributed by atoms with Gasteiger partial charge in [0.1, 0.15) is 17.7 Å². The fraction of sp³-hybridized carbons (Fsp3) is 0.375. The molecule has 1 atom stereocenters. The van der Waals surface area contributed by atoms with Crippen molar-refractivity contribution in [1.82, 2.24) is 19.5 Å². The van der Waals surface area contributed by atoms with Crippen LogP contribution in [0.3, 0.4) is 0 Å². The van der Waals surface area contributed by atoms with Crippen molar-refractivity contribution in [1.29, 1.82) is 0 Å². The molecule has 2 N–H and O–H groups in total. The Balaban J connectivity index is 1.58. The lowest BCUT2D eigenvalue weighted by molar-refractivity contribution is -0.0667. The van der Waals surface area contributed by atoms with Gasteiger partial charge >= 0.3 is 0 Å². The lowest BCUT2D eigenvalue weighted by Crippen LogP contribution is -2.38. The van der Waals surface area contributed by atoms with Gasteiger partial charge in [0.25, 0.3) is 0 Å². The third-order valence-corrected chi connectivity index (χ3v) is 6.59. The first-order chi connectivity index (χ1) is 15.1. The van der Waals surface area contributed by atoms with Crippen molar-refractivity contribution in [2.75, 3.05) is 19.0 Å². The zero-order chi connectivity index (χ0) is 21.6. The number of benzene rings is 1. The minimum atomic E-state index is -0.676. The SMILES string of the molecule is CCc1cccc2c3c([nH]c12)C(CC)(CC(=O)n1ccc2c(NC)ncnc21)OCC3. The second-order valence-corrected chi connectivity index (χ2v) is 8.08. The number of hydrogen-bond acceptors (Lipinski definition) is 5. The van der Waals surface area contributed by atoms with Crippen molar-refractivity contribution >= 4 is 33.7 Å². The molecule has 3 aromatic heterocycles. The molecule has 4 aromatic rings. The van der Waals surface area contributed by atoms with Crippen molar-refractivity contribution < 1.29 is 9.53 Å². The maximum absolute atomic E-state index is 13.5. The van der Waals surface area contributed by atoms with Crippen LogP contribution in [0.25, 0.3) is 21.9 Å². The summed E-state index contributed by atoms with van der Waals surface area (Å²) in [4.78, 5) is 25.7. The molecule has 0 fully saturated rings. The van der Waals surface area contributed by atoms with Crippen molar-refractivity contribution in [2.24, 2.45) is 0 Å². The number of aryl methyl sites for hydroxylation is 1. The van der Waals surface area contributed by atoms with Crippen LogP contribution in [0.4, 0.5) is 5.82 Å². The summed E-state index contributed by atoms with van der Waals surface area (Å²) < 4.78 is 7.98. The van der Waals surface area contributed by atoms with E-state index in [0.29, 0.717) is 24.5 Å². The molecule has 0 aliphatic carbocycles. The monoisotopic (exact) mass is 417 g/mol. The number of anilines is 1. The first-order valence-corrected chi connectivity index (χ1v) is 10.9. The quantitative estimate of drug-likeness (QED) is 0.502. The largest absolute Gasteiger partial charge is 0.372 e. The first-order valence-electron chi connectivity index (χ1n) is 10.9. The van der Waals surface area contributed by atoms with Crippen LogP contribution in [0.1, 0.15) is 48.3 Å². The van der Waals surface area contributed by atoms with Crippen LogP contribution in [0.2, 0.25) is 0 Å². The maximum Gasteiger partial charge on any atom is 0.235 e. The van der Waals surface area contributed by atoms with E-state index in [-0.39, 0.29) is 12.3 Å². The van der Waals surface area contributed by atoms with Crippen LogP contribution in [0.5, 0.6) is 0 Å². The average molecular weight is 418 g/mol. The molecule has 4 heterocycles. The van der Waals surface area contributed by atoms with E-state index in [2.05, 4.69) is 52.3 Å². The summed E-state index contributed by atoms with van der Waals surface area (Å²) in [5.74, 6) is 0.667. The Morgan fingerprint density at radius 3 is 2.90 bits per heavy atom. The maximum atomic E-state index is 13.5. The zero-order valence-corrected chi connectivity index (χ0v) is 18.2. The predicted molar refractivity (Wildman–Crippen MR) is 122 cm³/mol. The third-order valence-electron chi connectivity index (χ3n) is 6.59. The van der Waals surface area contributed by atoms with E-state index in [0.717, 1.165) is 23.9 Å². The Morgan fingerprint density at radius 1 is 1.26 bits per heavy atom. The summed E-state index contributed by atoms with van der Waals surface area (Å²) in [6.07, 6.45) is 6.01. The highest BCUT2D eigenvalue weighted by Gasteiger charge is 2.41. The van der Waals surface area contributed by atoms with Gasteiger partial charge in [-0.15, -0.1) is 0 Å². The lowest BCUT2D eigenvalue weighted by Gasteiger charge is -2.36. The molecule has 0 saturated carbocycles. The highest BCUT2D eigenvalue weighted by Crippen LogP contribution is 2.42. The highest BCUT2D eigenvalue weighted by molar-refractivity contribution is 5.95. The van der Waals surface area contributed by atoms with Gasteiger partial charge in [0.15, 0.2) is 5.65 Å². The standard InChI is InChI=1S/C24H27N5O2/c1-4-15-7-6-8-16-17-10-12-31-24(5-2,21(17)28-20(15)16)13-19(30)29-11-9-18-22(25-3)26-14-27-23(18)29/h6-9,11,14,28H,4-5,10,12-13H2,1-3H3,(H,25,26,27). The number of H-pyrrole nitrogens is 1. The van der Waals surface area contributed by atoms with Gasteiger partial charge in [0.05, 0.1) is 24.1 Å². The third kappa shape index (κ3) is 2.95. The first kappa shape index (κ1) is 19.8. The van der Waals surface area contributed by atoms with Crippen molar-refractivity contribution in [3.8, 4) is 0 Å². The molecule has 0 bridgehead atoms. The van der Waals surface area contributed by atoms with Gasteiger partial charge in [-0.05, 0) is 36.5 Å². The van der Waals surface area contributed by atoms with E-state index in [4.69, 9.17) is 4.74 Å². The molecule has 31 heavy (non-hydrogen) atoms. The van der Waals surface area contributed by atoms with Gasteiger partial charge in [-0.1, -0.05) is 32.0 Å². The van der Waals surface area contributed by atoms with E-state index >= 15 is 0 Å². The summed E-state index contributed by atoms with van der Waals surface area (Å²) in [7, 11) is 1.81. The van der Waals surface area contributed by atoms with Gasteiger partial charge in [-0.3, -0.25) is 9.36 Å². The molecule has 7 nitrogen and oxygen atoms in total.